The molecule has 0 heterocycles. The zero-order chi connectivity index (χ0) is 14.4. The van der Waals surface area contributed by atoms with Crippen LogP contribution in [-0.2, 0) is 10.2 Å². The number of likely N-dealkylation sites (N-methyl/N-ethyl adjacent to an activating group) is 1. The van der Waals surface area contributed by atoms with Gasteiger partial charge in [-0.05, 0) is 19.3 Å². The van der Waals surface area contributed by atoms with Crippen molar-refractivity contribution in [2.45, 2.75) is 64.3 Å². The zero-order valence-electron chi connectivity index (χ0n) is 12.3. The van der Waals surface area contributed by atoms with Crippen molar-refractivity contribution in [2.24, 2.45) is 5.73 Å². The highest BCUT2D eigenvalue weighted by molar-refractivity contribution is 7.87. The fraction of sp³-hybridized carbons (Fsp3) is 1.00. The minimum absolute atomic E-state index is 0.384. The van der Waals surface area contributed by atoms with Crippen molar-refractivity contribution in [1.29, 1.82) is 0 Å². The molecule has 0 aromatic carbocycles. The highest BCUT2D eigenvalue weighted by Crippen LogP contribution is 2.33. The second-order valence-corrected chi connectivity index (χ2v) is 7.09. The molecule has 0 atom stereocenters. The summed E-state index contributed by atoms with van der Waals surface area (Å²) in [5.74, 6) is 0. The number of nitrogens with zero attached hydrogens (tertiary/aromatic N) is 1. The quantitative estimate of drug-likeness (QED) is 0.700. The van der Waals surface area contributed by atoms with Crippen molar-refractivity contribution < 1.29 is 8.42 Å². The molecule has 6 heteroatoms. The molecule has 0 unspecified atom stereocenters. The second kappa shape index (κ2) is 7.57. The summed E-state index contributed by atoms with van der Waals surface area (Å²) in [6.45, 7) is 5.24. The summed E-state index contributed by atoms with van der Waals surface area (Å²) < 4.78 is 29.2. The summed E-state index contributed by atoms with van der Waals surface area (Å²) in [4.78, 5) is 0. The molecule has 0 amide bonds. The molecule has 0 aliphatic heterocycles. The first-order valence-corrected chi connectivity index (χ1v) is 8.94. The van der Waals surface area contributed by atoms with Crippen molar-refractivity contribution >= 4 is 10.2 Å². The van der Waals surface area contributed by atoms with Gasteiger partial charge in [0.05, 0.1) is 0 Å². The number of hydrogen-bond donors (Lipinski definition) is 2. The van der Waals surface area contributed by atoms with Gasteiger partial charge < -0.3 is 5.73 Å². The highest BCUT2D eigenvalue weighted by atomic mass is 32.2. The van der Waals surface area contributed by atoms with Crippen LogP contribution in [0.4, 0.5) is 0 Å². The third kappa shape index (κ3) is 4.15. The van der Waals surface area contributed by atoms with Gasteiger partial charge in [-0.1, -0.05) is 39.5 Å². The van der Waals surface area contributed by atoms with Crippen molar-refractivity contribution in [3.05, 3.63) is 0 Å². The van der Waals surface area contributed by atoms with E-state index in [0.717, 1.165) is 32.1 Å². The molecule has 0 radical (unpaired) electrons. The molecule has 1 saturated carbocycles. The molecular weight excluding hydrogens is 262 g/mol. The molecule has 0 aromatic rings. The molecule has 19 heavy (non-hydrogen) atoms. The van der Waals surface area contributed by atoms with E-state index in [9.17, 15) is 8.42 Å². The Morgan fingerprint density at radius 3 is 2.16 bits per heavy atom. The van der Waals surface area contributed by atoms with Gasteiger partial charge in [-0.15, -0.1) is 0 Å². The van der Waals surface area contributed by atoms with E-state index in [4.69, 9.17) is 5.73 Å². The third-order valence-electron chi connectivity index (χ3n) is 4.06. The van der Waals surface area contributed by atoms with Crippen molar-refractivity contribution in [2.75, 3.05) is 19.6 Å². The van der Waals surface area contributed by atoms with Crippen LogP contribution < -0.4 is 10.5 Å². The van der Waals surface area contributed by atoms with Gasteiger partial charge in [-0.3, -0.25) is 0 Å². The Kier molecular flexibility index (Phi) is 6.73. The van der Waals surface area contributed by atoms with Gasteiger partial charge in [-0.25, -0.2) is 4.72 Å². The molecule has 0 bridgehead atoms. The average Bonchev–Trinajstić information content (AvgIpc) is 2.63. The Hall–Kier alpha value is -0.170. The first-order valence-electron chi connectivity index (χ1n) is 7.50. The number of nitrogens with one attached hydrogen (secondary N) is 1. The fourth-order valence-corrected chi connectivity index (χ4v) is 4.74. The van der Waals surface area contributed by atoms with Gasteiger partial charge in [-0.2, -0.15) is 12.7 Å². The molecule has 0 aromatic heterocycles. The van der Waals surface area contributed by atoms with Crippen LogP contribution in [0.15, 0.2) is 0 Å². The molecule has 3 N–H and O–H groups in total. The van der Waals surface area contributed by atoms with Gasteiger partial charge >= 0.3 is 0 Å². The van der Waals surface area contributed by atoms with Crippen molar-refractivity contribution in [3.8, 4) is 0 Å². The normalized spacial score (nSPS) is 20.4. The average molecular weight is 291 g/mol. The lowest BCUT2D eigenvalue weighted by Gasteiger charge is -2.41. The van der Waals surface area contributed by atoms with E-state index in [0.29, 0.717) is 19.6 Å². The number of rotatable bonds is 7. The van der Waals surface area contributed by atoms with E-state index in [-0.39, 0.29) is 5.54 Å². The largest absolute Gasteiger partial charge is 0.329 e. The first-order chi connectivity index (χ1) is 9.02. The number of hydrogen-bond acceptors (Lipinski definition) is 3. The molecule has 1 aliphatic rings. The lowest BCUT2D eigenvalue weighted by atomic mass is 9.90. The Morgan fingerprint density at radius 2 is 1.74 bits per heavy atom. The van der Waals surface area contributed by atoms with Crippen LogP contribution in [-0.4, -0.2) is 37.9 Å². The zero-order valence-corrected chi connectivity index (χ0v) is 13.1. The summed E-state index contributed by atoms with van der Waals surface area (Å²) in [6.07, 6.45) is 7.05. The van der Waals surface area contributed by atoms with Gasteiger partial charge in [0.2, 0.25) is 0 Å². The van der Waals surface area contributed by atoms with Crippen molar-refractivity contribution in [3.63, 3.8) is 0 Å². The predicted octanol–water partition coefficient (Wildman–Crippen LogP) is 1.60. The Bertz CT molecular complexity index is 349. The molecule has 5 nitrogen and oxygen atoms in total. The molecular formula is C13H29N3O2S. The summed E-state index contributed by atoms with van der Waals surface area (Å²) >= 11 is 0. The minimum Gasteiger partial charge on any atom is -0.329 e. The maximum atomic E-state index is 12.5. The maximum Gasteiger partial charge on any atom is 0.279 e. The Morgan fingerprint density at radius 1 is 1.16 bits per heavy atom. The van der Waals surface area contributed by atoms with Gasteiger partial charge in [0, 0.05) is 25.2 Å². The van der Waals surface area contributed by atoms with Gasteiger partial charge in [0.15, 0.2) is 0 Å². The summed E-state index contributed by atoms with van der Waals surface area (Å²) in [7, 11) is -3.42. The second-order valence-electron chi connectivity index (χ2n) is 5.41. The predicted molar refractivity (Wildman–Crippen MR) is 79.1 cm³/mol. The highest BCUT2D eigenvalue weighted by Gasteiger charge is 2.41. The topological polar surface area (TPSA) is 75.4 Å². The molecule has 1 rings (SSSR count). The van der Waals surface area contributed by atoms with Crippen LogP contribution in [0.3, 0.4) is 0 Å². The summed E-state index contributed by atoms with van der Waals surface area (Å²) in [5, 5.41) is 0. The van der Waals surface area contributed by atoms with E-state index in [2.05, 4.69) is 4.72 Å². The monoisotopic (exact) mass is 291 g/mol. The SMILES string of the molecule is CCCNS(=O)(=O)N(CC)C1(CN)CCCCCC1. The fourth-order valence-electron chi connectivity index (χ4n) is 3.01. The number of nitrogens with two attached hydrogens (primary N) is 1. The van der Waals surface area contributed by atoms with Crippen LogP contribution in [0, 0.1) is 0 Å². The van der Waals surface area contributed by atoms with Gasteiger partial charge in [0.25, 0.3) is 10.2 Å². The molecule has 0 saturated heterocycles. The Balaban J connectivity index is 2.96. The van der Waals surface area contributed by atoms with Crippen LogP contribution >= 0.6 is 0 Å². The van der Waals surface area contributed by atoms with Gasteiger partial charge in [0.1, 0.15) is 0 Å². The van der Waals surface area contributed by atoms with Crippen LogP contribution in [0.5, 0.6) is 0 Å². The molecule has 114 valence electrons. The summed E-state index contributed by atoms with van der Waals surface area (Å²) in [6, 6.07) is 0. The Labute approximate surface area is 118 Å². The van der Waals surface area contributed by atoms with E-state index in [1.54, 1.807) is 4.31 Å². The third-order valence-corrected chi connectivity index (χ3v) is 5.85. The van der Waals surface area contributed by atoms with E-state index < -0.39 is 10.2 Å². The van der Waals surface area contributed by atoms with Crippen molar-refractivity contribution in [1.82, 2.24) is 9.03 Å². The van der Waals surface area contributed by atoms with Crippen LogP contribution in [0.1, 0.15) is 58.8 Å². The van der Waals surface area contributed by atoms with Crippen LogP contribution in [0.2, 0.25) is 0 Å². The summed E-state index contributed by atoms with van der Waals surface area (Å²) in [5.41, 5.74) is 5.59. The molecule has 0 spiro atoms. The van der Waals surface area contributed by atoms with Crippen LogP contribution in [0.25, 0.3) is 0 Å². The first kappa shape index (κ1) is 16.9. The molecule has 1 aliphatic carbocycles. The standard InChI is InChI=1S/C13H29N3O2S/c1-3-11-15-19(17,18)16(4-2)13(12-14)9-7-5-6-8-10-13/h15H,3-12,14H2,1-2H3. The van der Waals surface area contributed by atoms with E-state index >= 15 is 0 Å². The smallest absolute Gasteiger partial charge is 0.279 e. The minimum atomic E-state index is -3.42. The lowest BCUT2D eigenvalue weighted by molar-refractivity contribution is 0.172. The van der Waals surface area contributed by atoms with E-state index in [1.807, 2.05) is 13.8 Å². The lowest BCUT2D eigenvalue weighted by Crippen LogP contribution is -2.58. The van der Waals surface area contributed by atoms with E-state index in [1.165, 1.54) is 12.8 Å². The maximum absolute atomic E-state index is 12.5. The molecule has 1 fully saturated rings.